The first-order valence-electron chi connectivity index (χ1n) is 10.3. The zero-order chi connectivity index (χ0) is 22.9. The minimum absolute atomic E-state index is 0.0301. The number of carbonyl (C=O) groups is 3. The summed E-state index contributed by atoms with van der Waals surface area (Å²) in [6, 6.07) is 12.1. The van der Waals surface area contributed by atoms with Gasteiger partial charge in [0.25, 0.3) is 5.91 Å². The second-order valence-corrected chi connectivity index (χ2v) is 8.19. The number of likely N-dealkylation sites (tertiary alicyclic amines) is 1. The SMILES string of the molecule is COc1ccc(NC(=O)CSc2ccccc2C(=O)NCC(=O)N2CCCC2)cc1OC. The molecule has 1 aliphatic heterocycles. The Balaban J connectivity index is 1.55. The van der Waals surface area contributed by atoms with Gasteiger partial charge in [-0.25, -0.2) is 0 Å². The second-order valence-electron chi connectivity index (χ2n) is 7.17. The van der Waals surface area contributed by atoms with Crippen LogP contribution in [0.5, 0.6) is 11.5 Å². The van der Waals surface area contributed by atoms with Crippen LogP contribution in [0.25, 0.3) is 0 Å². The maximum Gasteiger partial charge on any atom is 0.252 e. The van der Waals surface area contributed by atoms with E-state index in [0.717, 1.165) is 25.9 Å². The first-order chi connectivity index (χ1) is 15.5. The number of nitrogens with one attached hydrogen (secondary N) is 2. The van der Waals surface area contributed by atoms with Gasteiger partial charge in [0.1, 0.15) is 0 Å². The second kappa shape index (κ2) is 11.4. The predicted octanol–water partition coefficient (Wildman–Crippen LogP) is 2.79. The van der Waals surface area contributed by atoms with Crippen LogP contribution in [-0.2, 0) is 9.59 Å². The summed E-state index contributed by atoms with van der Waals surface area (Å²) in [4.78, 5) is 39.7. The van der Waals surface area contributed by atoms with Gasteiger partial charge in [0.2, 0.25) is 11.8 Å². The van der Waals surface area contributed by atoms with Gasteiger partial charge < -0.3 is 25.0 Å². The third-order valence-corrected chi connectivity index (χ3v) is 6.09. The Morgan fingerprint density at radius 3 is 2.44 bits per heavy atom. The van der Waals surface area contributed by atoms with Crippen molar-refractivity contribution in [3.05, 3.63) is 48.0 Å². The number of ether oxygens (including phenoxy) is 2. The number of thioether (sulfide) groups is 1. The number of rotatable bonds is 9. The van der Waals surface area contributed by atoms with Crippen molar-refractivity contribution in [2.45, 2.75) is 17.7 Å². The summed E-state index contributed by atoms with van der Waals surface area (Å²) in [5.41, 5.74) is 1.02. The Morgan fingerprint density at radius 1 is 1.00 bits per heavy atom. The van der Waals surface area contributed by atoms with Crippen LogP contribution in [0.1, 0.15) is 23.2 Å². The molecule has 3 rings (SSSR count). The van der Waals surface area contributed by atoms with Crippen molar-refractivity contribution in [2.24, 2.45) is 0 Å². The van der Waals surface area contributed by atoms with E-state index in [9.17, 15) is 14.4 Å². The van der Waals surface area contributed by atoms with E-state index < -0.39 is 0 Å². The molecule has 1 heterocycles. The average molecular weight is 458 g/mol. The van der Waals surface area contributed by atoms with Gasteiger partial charge in [-0.05, 0) is 37.1 Å². The summed E-state index contributed by atoms with van der Waals surface area (Å²) in [5, 5.41) is 5.51. The zero-order valence-corrected chi connectivity index (χ0v) is 19.0. The Morgan fingerprint density at radius 2 is 1.72 bits per heavy atom. The Hall–Kier alpha value is -3.20. The lowest BCUT2D eigenvalue weighted by atomic mass is 10.2. The summed E-state index contributed by atoms with van der Waals surface area (Å²) in [7, 11) is 3.07. The summed E-state index contributed by atoms with van der Waals surface area (Å²) in [5.74, 6) is 0.579. The summed E-state index contributed by atoms with van der Waals surface area (Å²) < 4.78 is 10.4. The standard InChI is InChI=1S/C23H27N3O5S/c1-30-18-10-9-16(13-19(18)31-2)25-21(27)15-32-20-8-4-3-7-17(20)23(29)24-14-22(28)26-11-5-6-12-26/h3-4,7-10,13H,5-6,11-12,14-15H2,1-2H3,(H,24,29)(H,25,27). The van der Waals surface area contributed by atoms with Crippen molar-refractivity contribution < 1.29 is 23.9 Å². The third-order valence-electron chi connectivity index (χ3n) is 5.02. The highest BCUT2D eigenvalue weighted by Crippen LogP contribution is 2.30. The first-order valence-corrected chi connectivity index (χ1v) is 11.3. The fourth-order valence-electron chi connectivity index (χ4n) is 3.36. The van der Waals surface area contributed by atoms with Crippen LogP contribution in [-0.4, -0.2) is 62.2 Å². The fraction of sp³-hybridized carbons (Fsp3) is 0.348. The highest BCUT2D eigenvalue weighted by molar-refractivity contribution is 8.00. The Labute approximate surface area is 191 Å². The molecule has 32 heavy (non-hydrogen) atoms. The third kappa shape index (κ3) is 6.16. The number of amides is 3. The smallest absolute Gasteiger partial charge is 0.252 e. The molecule has 9 heteroatoms. The molecule has 170 valence electrons. The average Bonchev–Trinajstić information content (AvgIpc) is 3.36. The number of anilines is 1. The molecule has 1 aliphatic rings. The Bertz CT molecular complexity index is 976. The molecular weight excluding hydrogens is 430 g/mol. The highest BCUT2D eigenvalue weighted by atomic mass is 32.2. The molecule has 0 radical (unpaired) electrons. The number of methoxy groups -OCH3 is 2. The van der Waals surface area contributed by atoms with Gasteiger partial charge in [0.05, 0.1) is 32.1 Å². The molecule has 2 aromatic carbocycles. The summed E-state index contributed by atoms with van der Waals surface area (Å²) >= 11 is 1.26. The van der Waals surface area contributed by atoms with Gasteiger partial charge >= 0.3 is 0 Å². The molecule has 0 spiro atoms. The molecule has 3 amide bonds. The molecule has 2 N–H and O–H groups in total. The van der Waals surface area contributed by atoms with Crippen LogP contribution in [0.2, 0.25) is 0 Å². The van der Waals surface area contributed by atoms with Gasteiger partial charge in [-0.2, -0.15) is 0 Å². The quantitative estimate of drug-likeness (QED) is 0.562. The van der Waals surface area contributed by atoms with Crippen LogP contribution in [0.15, 0.2) is 47.4 Å². The fourth-order valence-corrected chi connectivity index (χ4v) is 4.21. The lowest BCUT2D eigenvalue weighted by Crippen LogP contribution is -2.38. The molecule has 0 saturated carbocycles. The molecule has 0 aromatic heterocycles. The zero-order valence-electron chi connectivity index (χ0n) is 18.2. The molecule has 1 fully saturated rings. The van der Waals surface area contributed by atoms with E-state index in [1.165, 1.54) is 18.9 Å². The molecule has 0 atom stereocenters. The van der Waals surface area contributed by atoms with Gasteiger partial charge in [-0.3, -0.25) is 14.4 Å². The van der Waals surface area contributed by atoms with E-state index in [-0.39, 0.29) is 30.0 Å². The van der Waals surface area contributed by atoms with Gasteiger partial charge in [0.15, 0.2) is 11.5 Å². The van der Waals surface area contributed by atoms with Crippen molar-refractivity contribution in [2.75, 3.05) is 44.9 Å². The van der Waals surface area contributed by atoms with Gasteiger partial charge in [-0.1, -0.05) is 12.1 Å². The molecule has 0 aliphatic carbocycles. The number of hydrogen-bond donors (Lipinski definition) is 2. The number of nitrogens with zero attached hydrogens (tertiary/aromatic N) is 1. The maximum atomic E-state index is 12.6. The largest absolute Gasteiger partial charge is 0.493 e. The van der Waals surface area contributed by atoms with E-state index in [2.05, 4.69) is 10.6 Å². The van der Waals surface area contributed by atoms with Crippen molar-refractivity contribution in [1.29, 1.82) is 0 Å². The number of benzene rings is 2. The molecule has 0 unspecified atom stereocenters. The molecule has 1 saturated heterocycles. The summed E-state index contributed by atoms with van der Waals surface area (Å²) in [6.45, 7) is 1.46. The molecule has 0 bridgehead atoms. The van der Waals surface area contributed by atoms with Crippen LogP contribution in [0.3, 0.4) is 0 Å². The van der Waals surface area contributed by atoms with Crippen LogP contribution < -0.4 is 20.1 Å². The van der Waals surface area contributed by atoms with E-state index in [4.69, 9.17) is 9.47 Å². The normalized spacial score (nSPS) is 12.9. The predicted molar refractivity (Wildman–Crippen MR) is 123 cm³/mol. The van der Waals surface area contributed by atoms with Gasteiger partial charge in [0, 0.05) is 29.7 Å². The van der Waals surface area contributed by atoms with Gasteiger partial charge in [-0.15, -0.1) is 11.8 Å². The monoisotopic (exact) mass is 457 g/mol. The molecule has 8 nitrogen and oxygen atoms in total. The maximum absolute atomic E-state index is 12.6. The van der Waals surface area contributed by atoms with Crippen molar-refractivity contribution in [3.8, 4) is 11.5 Å². The summed E-state index contributed by atoms with van der Waals surface area (Å²) in [6.07, 6.45) is 2.01. The first kappa shape index (κ1) is 23.5. The minimum atomic E-state index is -0.332. The van der Waals surface area contributed by atoms with Crippen LogP contribution in [0.4, 0.5) is 5.69 Å². The topological polar surface area (TPSA) is 97.0 Å². The Kier molecular flexibility index (Phi) is 8.38. The minimum Gasteiger partial charge on any atom is -0.493 e. The van der Waals surface area contributed by atoms with E-state index >= 15 is 0 Å². The lowest BCUT2D eigenvalue weighted by Gasteiger charge is -2.16. The molecule has 2 aromatic rings. The number of hydrogen-bond acceptors (Lipinski definition) is 6. The van der Waals surface area contributed by atoms with Crippen molar-refractivity contribution in [1.82, 2.24) is 10.2 Å². The van der Waals surface area contributed by atoms with E-state index in [1.807, 2.05) is 0 Å². The van der Waals surface area contributed by atoms with E-state index in [0.29, 0.717) is 27.6 Å². The number of carbonyl (C=O) groups excluding carboxylic acids is 3. The molecular formula is C23H27N3O5S. The van der Waals surface area contributed by atoms with Crippen LogP contribution >= 0.6 is 11.8 Å². The lowest BCUT2D eigenvalue weighted by molar-refractivity contribution is -0.129. The highest BCUT2D eigenvalue weighted by Gasteiger charge is 2.19. The van der Waals surface area contributed by atoms with Crippen molar-refractivity contribution >= 4 is 35.2 Å². The van der Waals surface area contributed by atoms with Crippen LogP contribution in [0, 0.1) is 0 Å². The van der Waals surface area contributed by atoms with Crippen molar-refractivity contribution in [3.63, 3.8) is 0 Å². The van der Waals surface area contributed by atoms with E-state index in [1.54, 1.807) is 54.5 Å².